The van der Waals surface area contributed by atoms with Crippen LogP contribution in [0.15, 0.2) is 5.11 Å². The molecule has 2 aliphatic heterocycles. The summed E-state index contributed by atoms with van der Waals surface area (Å²) in [6.45, 7) is 5.91. The van der Waals surface area contributed by atoms with Crippen molar-refractivity contribution in [3.63, 3.8) is 0 Å². The minimum Gasteiger partial charge on any atom is -0.444 e. The third-order valence-electron chi connectivity index (χ3n) is 3.35. The fourth-order valence-corrected chi connectivity index (χ4v) is 2.63. The molecule has 2 heterocycles. The molecule has 2 bridgehead atoms. The van der Waals surface area contributed by atoms with Crippen LogP contribution < -0.4 is 0 Å². The average molecular weight is 252 g/mol. The topological polar surface area (TPSA) is 95.4 Å². The Morgan fingerprint density at radius 2 is 2.11 bits per heavy atom. The van der Waals surface area contributed by atoms with Gasteiger partial charge < -0.3 is 9.64 Å². The average Bonchev–Trinajstić information content (AvgIpc) is 2.71. The maximum absolute atomic E-state index is 11.9. The second kappa shape index (κ2) is 4.17. The lowest BCUT2D eigenvalue weighted by molar-refractivity contribution is -0.126. The molecule has 0 aromatic rings. The number of azide groups is 1. The minimum atomic E-state index is -0.547. The van der Waals surface area contributed by atoms with Crippen molar-refractivity contribution in [3.8, 4) is 0 Å². The van der Waals surface area contributed by atoms with Gasteiger partial charge in [-0.3, -0.25) is 4.79 Å². The van der Waals surface area contributed by atoms with Crippen LogP contribution in [0.2, 0.25) is 0 Å². The van der Waals surface area contributed by atoms with E-state index in [-0.39, 0.29) is 17.9 Å². The second-order valence-corrected chi connectivity index (χ2v) is 5.75. The van der Waals surface area contributed by atoms with E-state index in [1.54, 1.807) is 25.7 Å². The zero-order valence-corrected chi connectivity index (χ0v) is 10.7. The summed E-state index contributed by atoms with van der Waals surface area (Å²) in [5.41, 5.74) is 7.71. The van der Waals surface area contributed by atoms with Gasteiger partial charge >= 0.3 is 6.09 Å². The minimum absolute atomic E-state index is 0.112. The molecule has 7 nitrogen and oxygen atoms in total. The van der Waals surface area contributed by atoms with Gasteiger partial charge in [-0.25, -0.2) is 4.79 Å². The zero-order chi connectivity index (χ0) is 13.5. The molecule has 98 valence electrons. The first-order valence-electron chi connectivity index (χ1n) is 5.92. The van der Waals surface area contributed by atoms with Crippen molar-refractivity contribution in [1.82, 2.24) is 4.90 Å². The van der Waals surface area contributed by atoms with E-state index in [9.17, 15) is 9.59 Å². The Morgan fingerprint density at radius 1 is 1.44 bits per heavy atom. The number of rotatable bonds is 1. The lowest BCUT2D eigenvalue weighted by atomic mass is 9.73. The lowest BCUT2D eigenvalue weighted by Crippen LogP contribution is -2.45. The smallest absolute Gasteiger partial charge is 0.410 e. The molecular weight excluding hydrogens is 236 g/mol. The molecule has 0 unspecified atom stereocenters. The molecule has 2 amide bonds. The highest BCUT2D eigenvalue weighted by Gasteiger charge is 2.57. The molecule has 0 aromatic carbocycles. The first-order valence-corrected chi connectivity index (χ1v) is 5.92. The quantitative estimate of drug-likeness (QED) is 0.406. The molecule has 7 heteroatoms. The fraction of sp³-hybridized carbons (Fsp3) is 0.818. The zero-order valence-electron chi connectivity index (χ0n) is 10.7. The monoisotopic (exact) mass is 252 g/mol. The van der Waals surface area contributed by atoms with Gasteiger partial charge in [0.15, 0.2) is 0 Å². The Balaban J connectivity index is 2.02. The number of ether oxygens (including phenoxy) is 1. The molecule has 18 heavy (non-hydrogen) atoms. The van der Waals surface area contributed by atoms with Gasteiger partial charge in [-0.05, 0) is 43.8 Å². The van der Waals surface area contributed by atoms with E-state index in [2.05, 4.69) is 10.0 Å². The molecule has 3 aliphatic rings. The molecule has 3 rings (SSSR count). The first-order chi connectivity index (χ1) is 8.33. The van der Waals surface area contributed by atoms with Crippen molar-refractivity contribution in [2.24, 2.45) is 17.0 Å². The molecule has 0 radical (unpaired) electrons. The van der Waals surface area contributed by atoms with Crippen molar-refractivity contribution in [1.29, 1.82) is 0 Å². The molecule has 0 aromatic heterocycles. The van der Waals surface area contributed by atoms with Gasteiger partial charge in [0.25, 0.3) is 0 Å². The largest absolute Gasteiger partial charge is 0.444 e. The van der Waals surface area contributed by atoms with E-state index in [1.807, 2.05) is 0 Å². The lowest BCUT2D eigenvalue weighted by Gasteiger charge is -2.34. The number of fused-ring (bicyclic) bond motifs is 1. The van der Waals surface area contributed by atoms with Crippen LogP contribution in [0.5, 0.6) is 0 Å². The maximum atomic E-state index is 11.9. The number of nitrogens with zero attached hydrogens (tertiary/aromatic N) is 4. The van der Waals surface area contributed by atoms with Crippen LogP contribution in [0.1, 0.15) is 27.2 Å². The normalized spacial score (nSPS) is 29.3. The second-order valence-electron chi connectivity index (χ2n) is 5.75. The molecular formula is C11H16N4O3. The molecule has 0 spiro atoms. The summed E-state index contributed by atoms with van der Waals surface area (Å²) in [5.74, 6) is -0.696. The maximum Gasteiger partial charge on any atom is 0.410 e. The van der Waals surface area contributed by atoms with E-state index in [4.69, 9.17) is 10.3 Å². The molecule has 2 saturated heterocycles. The van der Waals surface area contributed by atoms with Crippen LogP contribution in [-0.4, -0.2) is 35.1 Å². The Bertz CT molecular complexity index is 436. The van der Waals surface area contributed by atoms with Gasteiger partial charge in [0, 0.05) is 23.4 Å². The van der Waals surface area contributed by atoms with Gasteiger partial charge in [0.2, 0.25) is 5.91 Å². The summed E-state index contributed by atoms with van der Waals surface area (Å²) in [4.78, 5) is 27.5. The number of hydrogen-bond donors (Lipinski definition) is 0. The number of amides is 2. The molecule has 1 aliphatic carbocycles. The Hall–Kier alpha value is -1.75. The van der Waals surface area contributed by atoms with Crippen LogP contribution in [-0.2, 0) is 9.53 Å². The van der Waals surface area contributed by atoms with Crippen molar-refractivity contribution < 1.29 is 14.3 Å². The van der Waals surface area contributed by atoms with Crippen LogP contribution in [0, 0.1) is 11.8 Å². The highest BCUT2D eigenvalue weighted by atomic mass is 16.6. The number of hydrogen-bond acceptors (Lipinski definition) is 3. The molecule has 0 N–H and O–H groups in total. The highest BCUT2D eigenvalue weighted by molar-refractivity contribution is 5.83. The van der Waals surface area contributed by atoms with Crippen LogP contribution >= 0.6 is 0 Å². The van der Waals surface area contributed by atoms with E-state index < -0.39 is 17.6 Å². The summed E-state index contributed by atoms with van der Waals surface area (Å²) in [6, 6.07) is -0.164. The summed E-state index contributed by atoms with van der Waals surface area (Å²) in [7, 11) is 0. The van der Waals surface area contributed by atoms with E-state index >= 15 is 0 Å². The Kier molecular flexibility index (Phi) is 2.94. The van der Waals surface area contributed by atoms with Crippen LogP contribution in [0.4, 0.5) is 4.79 Å². The van der Waals surface area contributed by atoms with Gasteiger partial charge in [0.05, 0.1) is 0 Å². The van der Waals surface area contributed by atoms with E-state index in [0.29, 0.717) is 6.54 Å². The molecule has 3 atom stereocenters. The van der Waals surface area contributed by atoms with Crippen LogP contribution in [0.25, 0.3) is 10.4 Å². The first kappa shape index (κ1) is 12.7. The van der Waals surface area contributed by atoms with Gasteiger partial charge in [-0.15, -0.1) is 0 Å². The van der Waals surface area contributed by atoms with Crippen molar-refractivity contribution in [3.05, 3.63) is 10.4 Å². The van der Waals surface area contributed by atoms with E-state index in [0.717, 1.165) is 6.42 Å². The highest BCUT2D eigenvalue weighted by Crippen LogP contribution is 2.47. The van der Waals surface area contributed by atoms with E-state index in [1.165, 1.54) is 0 Å². The number of carbonyl (C=O) groups is 2. The predicted octanol–water partition coefficient (Wildman–Crippen LogP) is 2.08. The summed E-state index contributed by atoms with van der Waals surface area (Å²) < 4.78 is 5.28. The van der Waals surface area contributed by atoms with Crippen molar-refractivity contribution in [2.45, 2.75) is 38.8 Å². The van der Waals surface area contributed by atoms with Crippen molar-refractivity contribution >= 4 is 12.0 Å². The van der Waals surface area contributed by atoms with Crippen molar-refractivity contribution in [2.75, 3.05) is 6.54 Å². The standard InChI is InChI=1S/C11H16N4O3/c1-11(2,3)18-10(17)15-5-6-4-7(15)8(6)9(16)13-14-12/h6-8H,4-5H2,1-3H3/t6-,7-,8+/m0/s1. The fourth-order valence-electron chi connectivity index (χ4n) is 2.63. The molecule has 1 saturated carbocycles. The third kappa shape index (κ3) is 2.13. The van der Waals surface area contributed by atoms with Gasteiger partial charge in [-0.1, -0.05) is 0 Å². The summed E-state index contributed by atoms with van der Waals surface area (Å²) >= 11 is 0. The Labute approximate surface area is 105 Å². The number of carbonyl (C=O) groups excluding carboxylic acids is 2. The molecule has 3 fully saturated rings. The van der Waals surface area contributed by atoms with Crippen LogP contribution in [0.3, 0.4) is 0 Å². The van der Waals surface area contributed by atoms with Gasteiger partial charge in [-0.2, -0.15) is 0 Å². The summed E-state index contributed by atoms with van der Waals surface area (Å²) in [5, 5.41) is 3.12. The predicted molar refractivity (Wildman–Crippen MR) is 62.5 cm³/mol. The third-order valence-corrected chi connectivity index (χ3v) is 3.35. The van der Waals surface area contributed by atoms with Gasteiger partial charge in [0.1, 0.15) is 5.60 Å². The Morgan fingerprint density at radius 3 is 2.67 bits per heavy atom. The summed E-state index contributed by atoms with van der Waals surface area (Å²) in [6.07, 6.45) is 0.391. The SMILES string of the molecule is CC(C)(C)OC(=O)N1C[C@@H]2C[C@H]1[C@@H]2C(=O)N=[N+]=[N-].